The monoisotopic (exact) mass is 1220 g/mol. The number of imidazole rings is 2. The Bertz CT molecular complexity index is 4240. The van der Waals surface area contributed by atoms with Gasteiger partial charge in [-0.1, -0.05) is 206 Å². The average Bonchev–Trinajstić information content (AvgIpc) is 4.09. The third-order valence-electron chi connectivity index (χ3n) is 15.4. The predicted molar refractivity (Wildman–Crippen MR) is 331 cm³/mol. The van der Waals surface area contributed by atoms with E-state index in [2.05, 4.69) is 259 Å². The molecule has 13 rings (SSSR count). The molecular weight excluding hydrogens is 1150 g/mol. The van der Waals surface area contributed by atoms with Crippen LogP contribution in [-0.2, 0) is 20.1 Å². The SMILES string of the molecule is CC(C)c1cc(-c2ccc(-c3ccc(-c4ccccc4)cc3)cc2)cc(C(C)C)c1-n1c(-c2[c-]ccc3c2oc2ccccc23)nc2ccccc21.CC(C)c1cccc(C(C)C)c1-n1c(-c2[c-]cccc2)nc2ccccc21.[Ir]. The molecule has 3 heterocycles. The molecule has 80 heavy (non-hydrogen) atoms. The molecule has 13 aromatic rings. The summed E-state index contributed by atoms with van der Waals surface area (Å²) in [5.74, 6) is 3.15. The molecule has 0 unspecified atom stereocenters. The maximum Gasteiger partial charge on any atom is 0.120 e. The summed E-state index contributed by atoms with van der Waals surface area (Å²) < 4.78 is 11.2. The third-order valence-corrected chi connectivity index (χ3v) is 15.4. The van der Waals surface area contributed by atoms with Crippen LogP contribution >= 0.6 is 0 Å². The summed E-state index contributed by atoms with van der Waals surface area (Å²) in [4.78, 5) is 10.3. The second-order valence-electron chi connectivity index (χ2n) is 21.9. The summed E-state index contributed by atoms with van der Waals surface area (Å²) >= 11 is 0. The van der Waals surface area contributed by atoms with E-state index >= 15 is 0 Å². The van der Waals surface area contributed by atoms with Crippen molar-refractivity contribution in [1.29, 1.82) is 0 Å². The van der Waals surface area contributed by atoms with Gasteiger partial charge < -0.3 is 13.6 Å². The molecule has 0 amide bonds. The minimum absolute atomic E-state index is 0. The van der Waals surface area contributed by atoms with Crippen molar-refractivity contribution < 1.29 is 24.5 Å². The van der Waals surface area contributed by atoms with Gasteiger partial charge in [0.05, 0.1) is 39.3 Å². The van der Waals surface area contributed by atoms with E-state index in [1.165, 1.54) is 67.0 Å². The van der Waals surface area contributed by atoms with Crippen LogP contribution in [-0.4, -0.2) is 19.1 Å². The Labute approximate surface area is 484 Å². The van der Waals surface area contributed by atoms with Crippen LogP contribution in [0.25, 0.3) is 112 Å². The maximum absolute atomic E-state index is 6.54. The first-order chi connectivity index (χ1) is 38.5. The number of aromatic nitrogens is 4. The van der Waals surface area contributed by atoms with Crippen LogP contribution in [0.5, 0.6) is 0 Å². The first-order valence-corrected chi connectivity index (χ1v) is 27.8. The van der Waals surface area contributed by atoms with Gasteiger partial charge in [0, 0.05) is 36.9 Å². The van der Waals surface area contributed by atoms with Gasteiger partial charge in [-0.05, 0) is 122 Å². The molecule has 5 nitrogen and oxygen atoms in total. The van der Waals surface area contributed by atoms with Crippen LogP contribution in [0, 0.1) is 12.1 Å². The standard InChI is InChI=1S/C49H39N2O.C25H25N2.Ir/c1-31(2)42-29-38(37-27-25-36(26-28-37)35-23-21-34(22-24-35)33-13-6-5-7-14-33)30-43(32(3)4)47(42)51-45-19-10-9-18-44(45)50-49(51)41-17-12-16-40-39-15-8-11-20-46(39)52-48(40)41;1-17(2)20-13-10-14-21(18(3)4)24(20)27-23-16-9-8-15-22(23)26-25(27)19-11-6-5-7-12-19;/h5-16,18-32H,1-4H3;5-11,13-18H,1-4H3;/q2*-1;. The molecule has 397 valence electrons. The number of hydrogen-bond acceptors (Lipinski definition) is 3. The molecule has 0 N–H and O–H groups in total. The van der Waals surface area contributed by atoms with E-state index in [0.29, 0.717) is 11.8 Å². The van der Waals surface area contributed by atoms with E-state index in [0.717, 1.165) is 66.8 Å². The Hall–Kier alpha value is -8.41. The Morgan fingerprint density at radius 1 is 0.375 bits per heavy atom. The normalized spacial score (nSPS) is 11.6. The van der Waals surface area contributed by atoms with Gasteiger partial charge in [-0.2, -0.15) is 0 Å². The van der Waals surface area contributed by atoms with Crippen LogP contribution < -0.4 is 0 Å². The van der Waals surface area contributed by atoms with Crippen LogP contribution in [0.3, 0.4) is 0 Å². The summed E-state index contributed by atoms with van der Waals surface area (Å²) in [6, 6.07) is 84.0. The molecule has 0 aliphatic carbocycles. The zero-order chi connectivity index (χ0) is 54.3. The molecular formula is C74H64IrN4O-2. The molecule has 0 saturated carbocycles. The predicted octanol–water partition coefficient (Wildman–Crippen LogP) is 20.4. The molecule has 0 atom stereocenters. The van der Waals surface area contributed by atoms with Gasteiger partial charge in [-0.15, -0.1) is 54.1 Å². The van der Waals surface area contributed by atoms with Crippen LogP contribution in [0.15, 0.2) is 223 Å². The Balaban J connectivity index is 0.000000203. The Morgan fingerprint density at radius 3 is 1.39 bits per heavy atom. The molecule has 0 saturated heterocycles. The van der Waals surface area contributed by atoms with Gasteiger partial charge in [0.1, 0.15) is 5.58 Å². The first kappa shape index (κ1) is 53.6. The second-order valence-corrected chi connectivity index (χ2v) is 21.9. The number of furan rings is 1. The van der Waals surface area contributed by atoms with E-state index < -0.39 is 0 Å². The number of para-hydroxylation sites is 6. The molecule has 6 heteroatoms. The molecule has 0 fully saturated rings. The summed E-state index contributed by atoms with van der Waals surface area (Å²) in [5, 5.41) is 2.17. The van der Waals surface area contributed by atoms with Crippen LogP contribution in [0.1, 0.15) is 101 Å². The zero-order valence-electron chi connectivity index (χ0n) is 46.6. The van der Waals surface area contributed by atoms with Crippen molar-refractivity contribution in [2.45, 2.75) is 79.1 Å². The number of hydrogen-bond donors (Lipinski definition) is 0. The Morgan fingerprint density at radius 2 is 0.838 bits per heavy atom. The van der Waals surface area contributed by atoms with Crippen molar-refractivity contribution in [2.24, 2.45) is 0 Å². The summed E-state index contributed by atoms with van der Waals surface area (Å²) in [6.45, 7) is 18.2. The van der Waals surface area contributed by atoms with E-state index in [1.54, 1.807) is 0 Å². The summed E-state index contributed by atoms with van der Waals surface area (Å²) in [6.07, 6.45) is 0. The Kier molecular flexibility index (Phi) is 15.2. The second kappa shape index (κ2) is 22.7. The fourth-order valence-electron chi connectivity index (χ4n) is 11.3. The molecule has 3 aromatic heterocycles. The van der Waals surface area contributed by atoms with Crippen molar-refractivity contribution in [2.75, 3.05) is 0 Å². The maximum atomic E-state index is 6.54. The minimum Gasteiger partial charge on any atom is -0.501 e. The zero-order valence-corrected chi connectivity index (χ0v) is 49.0. The van der Waals surface area contributed by atoms with Crippen molar-refractivity contribution in [3.8, 4) is 67.5 Å². The van der Waals surface area contributed by atoms with Crippen molar-refractivity contribution in [3.05, 3.63) is 253 Å². The number of benzene rings is 10. The van der Waals surface area contributed by atoms with Crippen LogP contribution in [0.2, 0.25) is 0 Å². The van der Waals surface area contributed by atoms with Gasteiger partial charge in [0.15, 0.2) is 0 Å². The van der Waals surface area contributed by atoms with Gasteiger partial charge in [0.25, 0.3) is 0 Å². The van der Waals surface area contributed by atoms with Gasteiger partial charge in [-0.25, -0.2) is 0 Å². The number of nitrogens with zero attached hydrogens (tertiary/aromatic N) is 4. The first-order valence-electron chi connectivity index (χ1n) is 27.8. The summed E-state index contributed by atoms with van der Waals surface area (Å²) in [5.41, 5.74) is 22.7. The fourth-order valence-corrected chi connectivity index (χ4v) is 11.3. The summed E-state index contributed by atoms with van der Waals surface area (Å²) in [7, 11) is 0. The molecule has 1 radical (unpaired) electrons. The molecule has 0 spiro atoms. The molecule has 0 aliphatic rings. The fraction of sp³-hybridized carbons (Fsp3) is 0.162. The quantitative estimate of drug-likeness (QED) is 0.121. The van der Waals surface area contributed by atoms with Gasteiger partial charge in [0.2, 0.25) is 0 Å². The molecule has 10 aromatic carbocycles. The third kappa shape index (κ3) is 10.0. The molecule has 0 bridgehead atoms. The van der Waals surface area contributed by atoms with Gasteiger partial charge >= 0.3 is 0 Å². The van der Waals surface area contributed by atoms with E-state index in [1.807, 2.05) is 36.4 Å². The van der Waals surface area contributed by atoms with Crippen molar-refractivity contribution in [3.63, 3.8) is 0 Å². The van der Waals surface area contributed by atoms with E-state index in [4.69, 9.17) is 14.4 Å². The van der Waals surface area contributed by atoms with E-state index in [9.17, 15) is 0 Å². The van der Waals surface area contributed by atoms with Crippen molar-refractivity contribution in [1.82, 2.24) is 19.1 Å². The van der Waals surface area contributed by atoms with Crippen molar-refractivity contribution >= 4 is 44.0 Å². The largest absolute Gasteiger partial charge is 0.501 e. The average molecular weight is 1220 g/mol. The number of rotatable bonds is 11. The van der Waals surface area contributed by atoms with Crippen LogP contribution in [0.4, 0.5) is 0 Å². The van der Waals surface area contributed by atoms with E-state index in [-0.39, 0.29) is 31.9 Å². The van der Waals surface area contributed by atoms with Gasteiger partial charge in [-0.3, -0.25) is 9.97 Å². The topological polar surface area (TPSA) is 48.8 Å². The minimum atomic E-state index is 0. The molecule has 0 aliphatic heterocycles. The smallest absolute Gasteiger partial charge is 0.120 e. The number of fused-ring (bicyclic) bond motifs is 5.